The molecule has 0 saturated carbocycles. The van der Waals surface area contributed by atoms with E-state index in [0.29, 0.717) is 0 Å². The molecule has 0 fully saturated rings. The van der Waals surface area contributed by atoms with Gasteiger partial charge in [0.25, 0.3) is 0 Å². The first-order chi connectivity index (χ1) is 3.80. The van der Waals surface area contributed by atoms with Crippen molar-refractivity contribution >= 4 is 0 Å². The summed E-state index contributed by atoms with van der Waals surface area (Å²) in [6, 6.07) is 0. The van der Waals surface area contributed by atoms with Crippen molar-refractivity contribution in [1.29, 1.82) is 0 Å². The largest absolute Gasteiger partial charge is 0.350 e. The summed E-state index contributed by atoms with van der Waals surface area (Å²) in [5.41, 5.74) is 0. The number of hydrogen-bond acceptors (Lipinski definition) is 3. The van der Waals surface area contributed by atoms with Crippen molar-refractivity contribution < 1.29 is 8.78 Å². The fourth-order valence-electron chi connectivity index (χ4n) is 0.265. The Balaban J connectivity index is 2.77. The number of rotatable bonds is 1. The van der Waals surface area contributed by atoms with Crippen LogP contribution in [0.15, 0.2) is 6.33 Å². The zero-order chi connectivity index (χ0) is 5.98. The number of aromatic nitrogens is 4. The Morgan fingerprint density at radius 3 is 2.50 bits per heavy atom. The maximum atomic E-state index is 11.4. The first-order valence-electron chi connectivity index (χ1n) is 1.81. The van der Waals surface area contributed by atoms with E-state index >= 15 is 0 Å². The molecule has 0 aliphatic carbocycles. The molecule has 4 nitrogen and oxygen atoms in total. The van der Waals surface area contributed by atoms with Crippen LogP contribution >= 0.6 is 0 Å². The van der Waals surface area contributed by atoms with Crippen LogP contribution in [-0.2, 0) is 0 Å². The summed E-state index contributed by atoms with van der Waals surface area (Å²) in [7, 11) is 0. The van der Waals surface area contributed by atoms with Crippen LogP contribution in [0.25, 0.3) is 0 Å². The molecule has 0 unspecified atom stereocenters. The smallest absolute Gasteiger partial charge is 0.182 e. The Labute approximate surface area is 43.1 Å². The van der Waals surface area contributed by atoms with Gasteiger partial charge in [0.15, 0.2) is 6.33 Å². The molecule has 0 aliphatic heterocycles. The molecule has 0 bridgehead atoms. The van der Waals surface area contributed by atoms with E-state index < -0.39 is 6.55 Å². The number of nitrogens with zero attached hydrogens (tertiary/aromatic N) is 4. The van der Waals surface area contributed by atoms with Gasteiger partial charge < -0.3 is 0 Å². The average Bonchev–Trinajstić information content (AvgIpc) is 2.12. The van der Waals surface area contributed by atoms with Crippen LogP contribution in [-0.4, -0.2) is 20.2 Å². The van der Waals surface area contributed by atoms with Crippen molar-refractivity contribution in [3.8, 4) is 0 Å². The van der Waals surface area contributed by atoms with Gasteiger partial charge in [0.05, 0.1) is 0 Å². The van der Waals surface area contributed by atoms with E-state index in [1.807, 2.05) is 0 Å². The molecule has 0 spiro atoms. The lowest BCUT2D eigenvalue weighted by Crippen LogP contribution is -2.01. The molecule has 0 N–H and O–H groups in total. The summed E-state index contributed by atoms with van der Waals surface area (Å²) in [6.07, 6.45) is 0.951. The van der Waals surface area contributed by atoms with Crippen molar-refractivity contribution in [2.24, 2.45) is 0 Å². The van der Waals surface area contributed by atoms with Gasteiger partial charge >= 0.3 is 6.55 Å². The third-order valence-electron chi connectivity index (χ3n) is 0.539. The molecule has 1 rings (SSSR count). The molecule has 0 atom stereocenters. The minimum atomic E-state index is -2.68. The highest BCUT2D eigenvalue weighted by molar-refractivity contribution is 4.36. The summed E-state index contributed by atoms with van der Waals surface area (Å²) >= 11 is 0. The van der Waals surface area contributed by atoms with Crippen LogP contribution in [0.3, 0.4) is 0 Å². The van der Waals surface area contributed by atoms with Crippen LogP contribution in [0.1, 0.15) is 6.55 Å². The SMILES string of the molecule is FC(F)n1ncnn1. The van der Waals surface area contributed by atoms with E-state index in [0.717, 1.165) is 6.33 Å². The fourth-order valence-corrected chi connectivity index (χ4v) is 0.265. The lowest BCUT2D eigenvalue weighted by Gasteiger charge is -1.89. The zero-order valence-corrected chi connectivity index (χ0v) is 3.70. The third-order valence-corrected chi connectivity index (χ3v) is 0.539. The number of hydrogen-bond donors (Lipinski definition) is 0. The highest BCUT2D eigenvalue weighted by Gasteiger charge is 2.04. The van der Waals surface area contributed by atoms with Gasteiger partial charge in [0.2, 0.25) is 0 Å². The Bertz CT molecular complexity index is 147. The number of halogens is 2. The summed E-state index contributed by atoms with van der Waals surface area (Å²) in [5, 5.41) is 9.05. The normalized spacial score (nSPS) is 10.4. The molecule has 6 heteroatoms. The van der Waals surface area contributed by atoms with Gasteiger partial charge in [-0.25, -0.2) is 0 Å². The summed E-state index contributed by atoms with van der Waals surface area (Å²) < 4.78 is 22.8. The van der Waals surface area contributed by atoms with Crippen LogP contribution in [0.2, 0.25) is 0 Å². The van der Waals surface area contributed by atoms with Gasteiger partial charge in [-0.1, -0.05) is 4.80 Å². The summed E-state index contributed by atoms with van der Waals surface area (Å²) in [5.74, 6) is 0. The van der Waals surface area contributed by atoms with E-state index in [1.165, 1.54) is 0 Å². The number of alkyl halides is 2. The van der Waals surface area contributed by atoms with Gasteiger partial charge in [-0.05, 0) is 5.21 Å². The quantitative estimate of drug-likeness (QED) is 0.526. The molecule has 44 valence electrons. The summed E-state index contributed by atoms with van der Waals surface area (Å²) in [4.78, 5) is 0.222. The highest BCUT2D eigenvalue weighted by Crippen LogP contribution is 2.01. The van der Waals surface area contributed by atoms with Crippen LogP contribution in [0.4, 0.5) is 8.78 Å². The lowest BCUT2D eigenvalue weighted by molar-refractivity contribution is 0.0396. The fraction of sp³-hybridized carbons (Fsp3) is 0.500. The van der Waals surface area contributed by atoms with Crippen molar-refractivity contribution in [2.45, 2.75) is 6.55 Å². The van der Waals surface area contributed by atoms with Crippen LogP contribution in [0, 0.1) is 0 Å². The van der Waals surface area contributed by atoms with Gasteiger partial charge in [-0.2, -0.15) is 8.78 Å². The maximum absolute atomic E-state index is 11.4. The second-order valence-electron chi connectivity index (χ2n) is 1.03. The topological polar surface area (TPSA) is 43.6 Å². The monoisotopic (exact) mass is 120 g/mol. The minimum absolute atomic E-state index is 0.222. The standard InChI is InChI=1S/C2H2F2N4/c3-2(4)8-6-1-5-7-8/h1-2H. The van der Waals surface area contributed by atoms with E-state index in [-0.39, 0.29) is 4.80 Å². The van der Waals surface area contributed by atoms with Crippen molar-refractivity contribution in [2.75, 3.05) is 0 Å². The second kappa shape index (κ2) is 1.81. The van der Waals surface area contributed by atoms with Crippen molar-refractivity contribution in [3.63, 3.8) is 0 Å². The first-order valence-corrected chi connectivity index (χ1v) is 1.81. The Morgan fingerprint density at radius 2 is 2.25 bits per heavy atom. The Morgan fingerprint density at radius 1 is 1.50 bits per heavy atom. The van der Waals surface area contributed by atoms with Crippen LogP contribution < -0.4 is 0 Å². The molecule has 0 aromatic carbocycles. The number of tetrazole rings is 1. The summed E-state index contributed by atoms with van der Waals surface area (Å²) in [6.45, 7) is -2.68. The van der Waals surface area contributed by atoms with E-state index in [4.69, 9.17) is 0 Å². The lowest BCUT2D eigenvalue weighted by atomic mass is 11.3. The van der Waals surface area contributed by atoms with Gasteiger partial charge in [-0.15, -0.1) is 10.2 Å². The molecule has 0 radical (unpaired) electrons. The molecule has 8 heavy (non-hydrogen) atoms. The van der Waals surface area contributed by atoms with Gasteiger partial charge in [-0.3, -0.25) is 0 Å². The molecular formula is C2H2F2N4. The molecule has 0 saturated heterocycles. The second-order valence-corrected chi connectivity index (χ2v) is 1.03. The predicted octanol–water partition coefficient (Wildman–Crippen LogP) is 0.0682. The molecule has 0 aliphatic rings. The highest BCUT2D eigenvalue weighted by atomic mass is 19.3. The molecule has 1 aromatic heterocycles. The molecule has 1 aromatic rings. The average molecular weight is 120 g/mol. The minimum Gasteiger partial charge on any atom is -0.182 e. The Hall–Kier alpha value is -1.07. The molecule has 1 heterocycles. The zero-order valence-electron chi connectivity index (χ0n) is 3.70. The third kappa shape index (κ3) is 0.772. The van der Waals surface area contributed by atoms with Crippen molar-refractivity contribution in [3.05, 3.63) is 6.33 Å². The van der Waals surface area contributed by atoms with Gasteiger partial charge in [0.1, 0.15) is 0 Å². The van der Waals surface area contributed by atoms with Crippen molar-refractivity contribution in [1.82, 2.24) is 20.2 Å². The van der Waals surface area contributed by atoms with Gasteiger partial charge in [0, 0.05) is 0 Å². The molecule has 0 amide bonds. The van der Waals surface area contributed by atoms with E-state index in [1.54, 1.807) is 0 Å². The van der Waals surface area contributed by atoms with Crippen LogP contribution in [0.5, 0.6) is 0 Å². The first kappa shape index (κ1) is 5.07. The maximum Gasteiger partial charge on any atom is 0.350 e. The predicted molar refractivity (Wildman–Crippen MR) is 19.1 cm³/mol. The Kier molecular flexibility index (Phi) is 1.15. The van der Waals surface area contributed by atoms with E-state index in [2.05, 4.69) is 15.4 Å². The van der Waals surface area contributed by atoms with E-state index in [9.17, 15) is 8.78 Å². The molecular weight excluding hydrogens is 118 g/mol.